The minimum atomic E-state index is 0.170. The van der Waals surface area contributed by atoms with Crippen LogP contribution in [-0.4, -0.2) is 0 Å². The molecule has 0 N–H and O–H groups in total. The summed E-state index contributed by atoms with van der Waals surface area (Å²) < 4.78 is 0. The van der Waals surface area contributed by atoms with E-state index in [9.17, 15) is 0 Å². The predicted molar refractivity (Wildman–Crippen MR) is 118 cm³/mol. The van der Waals surface area contributed by atoms with Crippen molar-refractivity contribution in [2.24, 2.45) is 0 Å². The Balaban J connectivity index is 0.000000199. The maximum absolute atomic E-state index is 2.45. The Kier molecular flexibility index (Phi) is 10.5. The van der Waals surface area contributed by atoms with Crippen LogP contribution in [0.1, 0.15) is 34.7 Å². The molecule has 122 valence electrons. The molecule has 3 rings (SSSR count). The summed E-state index contributed by atoms with van der Waals surface area (Å²) >= 11 is 5.06. The largest absolute Gasteiger partial charge is 0.168 e. The van der Waals surface area contributed by atoms with Crippen LogP contribution >= 0.6 is 36.1 Å². The molecule has 0 radical (unpaired) electrons. The van der Waals surface area contributed by atoms with Gasteiger partial charge in [-0.15, -0.1) is 29.7 Å². The molecule has 0 saturated heterocycles. The second-order valence-corrected chi connectivity index (χ2v) is 24.5. The Hall–Kier alpha value is 0.523. The number of hydrogen-bond donors (Lipinski definition) is 0. The molecule has 0 nitrogen and oxygen atoms in total. The third kappa shape index (κ3) is 6.07. The van der Waals surface area contributed by atoms with E-state index >= 15 is 0 Å². The molecule has 0 saturated carbocycles. The van der Waals surface area contributed by atoms with Gasteiger partial charge in [-0.1, -0.05) is 47.1 Å². The summed E-state index contributed by atoms with van der Waals surface area (Å²) in [6, 6.07) is 14.7. The van der Waals surface area contributed by atoms with Crippen molar-refractivity contribution in [2.75, 3.05) is 0 Å². The van der Waals surface area contributed by atoms with Crippen molar-refractivity contribution in [3.05, 3.63) is 70.3 Å². The smallest absolute Gasteiger partial charge is 0.0809 e. The SMILES string of the molecule is CC[c-]1c(C)c(C)c(C)c1C.[I][Zr+2][I].c1ccc2[cH-]ccc2c1. The molecule has 0 aliphatic heterocycles. The van der Waals surface area contributed by atoms with Crippen molar-refractivity contribution < 1.29 is 14.9 Å². The molecule has 0 atom stereocenters. The molecule has 3 heteroatoms. The van der Waals surface area contributed by atoms with Crippen molar-refractivity contribution in [3.63, 3.8) is 0 Å². The van der Waals surface area contributed by atoms with Gasteiger partial charge in [-0.25, -0.2) is 0 Å². The summed E-state index contributed by atoms with van der Waals surface area (Å²) in [7, 11) is 0. The Morgan fingerprint density at radius 3 is 1.91 bits per heavy atom. The first-order valence-corrected chi connectivity index (χ1v) is 22.4. The van der Waals surface area contributed by atoms with E-state index < -0.39 is 0 Å². The normalized spacial score (nSPS) is 9.52. The van der Waals surface area contributed by atoms with E-state index in [4.69, 9.17) is 0 Å². The van der Waals surface area contributed by atoms with E-state index in [1.54, 1.807) is 5.56 Å². The molecule has 3 aromatic rings. The first-order chi connectivity index (χ1) is 11.0. The number of rotatable bonds is 1. The summed E-state index contributed by atoms with van der Waals surface area (Å²) in [5.74, 6) is 0. The molecule has 0 bridgehead atoms. The van der Waals surface area contributed by atoms with Gasteiger partial charge in [0.2, 0.25) is 0 Å². The van der Waals surface area contributed by atoms with Crippen molar-refractivity contribution in [1.82, 2.24) is 0 Å². The molecule has 0 aromatic heterocycles. The van der Waals surface area contributed by atoms with Gasteiger partial charge in [0.15, 0.2) is 0 Å². The molecule has 0 aliphatic rings. The standard InChI is InChI=1S/C11H17.C9H7.2HI.Zr/c1-6-11-9(4)7(2)8(3)10(11)5;1-2-5-9-7-3-6-8(9)4-1;;;/h6H2,1-5H3;1-7H;2*1H;/q2*-1;;;+4/p-2. The molecule has 0 amide bonds. The summed E-state index contributed by atoms with van der Waals surface area (Å²) in [6.07, 6.45) is 1.17. The Bertz CT molecular complexity index is 667. The molecule has 0 fully saturated rings. The number of hydrogen-bond acceptors (Lipinski definition) is 0. The molecule has 0 heterocycles. The van der Waals surface area contributed by atoms with E-state index in [0.29, 0.717) is 0 Å². The maximum Gasteiger partial charge on any atom is -0.0809 e. The van der Waals surface area contributed by atoms with Crippen molar-refractivity contribution in [1.29, 1.82) is 0 Å². The van der Waals surface area contributed by atoms with Gasteiger partial charge in [0.25, 0.3) is 0 Å². The van der Waals surface area contributed by atoms with Gasteiger partial charge in [0, 0.05) is 0 Å². The number of benzene rings is 1. The van der Waals surface area contributed by atoms with E-state index in [-0.39, 0.29) is 14.9 Å². The van der Waals surface area contributed by atoms with Gasteiger partial charge in [-0.3, -0.25) is 0 Å². The Morgan fingerprint density at radius 2 is 1.48 bits per heavy atom. The van der Waals surface area contributed by atoms with Gasteiger partial charge >= 0.3 is 50.9 Å². The minimum Gasteiger partial charge on any atom is -0.168 e. The Morgan fingerprint density at radius 1 is 0.957 bits per heavy atom. The molecule has 0 aliphatic carbocycles. The van der Waals surface area contributed by atoms with Gasteiger partial charge < -0.3 is 0 Å². The fourth-order valence-electron chi connectivity index (χ4n) is 2.90. The number of halogens is 2. The summed E-state index contributed by atoms with van der Waals surface area (Å²) in [5.41, 5.74) is 7.53. The second kappa shape index (κ2) is 11.2. The van der Waals surface area contributed by atoms with Crippen LogP contribution in [0.3, 0.4) is 0 Å². The van der Waals surface area contributed by atoms with Gasteiger partial charge in [-0.2, -0.15) is 45.3 Å². The topological polar surface area (TPSA) is 0 Å². The molecule has 3 aromatic carbocycles. The zero-order valence-electron chi connectivity index (χ0n) is 14.5. The van der Waals surface area contributed by atoms with E-state index in [1.807, 2.05) is 0 Å². The summed E-state index contributed by atoms with van der Waals surface area (Å²) in [5, 5.41) is 2.66. The quantitative estimate of drug-likeness (QED) is 0.198. The molecule has 0 unspecified atom stereocenters. The van der Waals surface area contributed by atoms with Crippen LogP contribution in [0.15, 0.2) is 42.5 Å². The van der Waals surface area contributed by atoms with Crippen LogP contribution in [0.5, 0.6) is 0 Å². The van der Waals surface area contributed by atoms with E-state index in [1.165, 1.54) is 39.4 Å². The maximum atomic E-state index is 2.45. The van der Waals surface area contributed by atoms with E-state index in [0.717, 1.165) is 0 Å². The zero-order chi connectivity index (χ0) is 17.4. The summed E-state index contributed by atoms with van der Waals surface area (Å²) in [4.78, 5) is 0. The van der Waals surface area contributed by atoms with E-state index in [2.05, 4.69) is 113 Å². The van der Waals surface area contributed by atoms with Crippen molar-refractivity contribution in [2.45, 2.75) is 41.0 Å². The fraction of sp³-hybridized carbons (Fsp3) is 0.300. The molecular formula is C20H24I2Zr. The third-order valence-corrected chi connectivity index (χ3v) is 4.49. The van der Waals surface area contributed by atoms with Crippen LogP contribution < -0.4 is 0 Å². The molecular weight excluding hydrogens is 585 g/mol. The van der Waals surface area contributed by atoms with Gasteiger partial charge in [0.1, 0.15) is 0 Å². The first-order valence-electron chi connectivity index (χ1n) is 7.76. The van der Waals surface area contributed by atoms with Gasteiger partial charge in [-0.05, 0) is 0 Å². The van der Waals surface area contributed by atoms with Crippen molar-refractivity contribution in [3.8, 4) is 0 Å². The Labute approximate surface area is 171 Å². The minimum absolute atomic E-state index is 0.170. The zero-order valence-corrected chi connectivity index (χ0v) is 21.3. The fourth-order valence-corrected chi connectivity index (χ4v) is 2.90. The summed E-state index contributed by atoms with van der Waals surface area (Å²) in [6.45, 7) is 11.1. The second-order valence-electron chi connectivity index (χ2n) is 5.56. The average molecular weight is 609 g/mol. The monoisotopic (exact) mass is 608 g/mol. The van der Waals surface area contributed by atoms with Crippen molar-refractivity contribution >= 4 is 46.9 Å². The van der Waals surface area contributed by atoms with Crippen LogP contribution in [0.2, 0.25) is 0 Å². The predicted octanol–water partition coefficient (Wildman–Crippen LogP) is 7.53. The van der Waals surface area contributed by atoms with Gasteiger partial charge in [0.05, 0.1) is 0 Å². The van der Waals surface area contributed by atoms with Crippen LogP contribution in [0.4, 0.5) is 0 Å². The van der Waals surface area contributed by atoms with Crippen LogP contribution in [0.25, 0.3) is 10.8 Å². The molecule has 0 spiro atoms. The average Bonchev–Trinajstić information content (AvgIpc) is 3.09. The van der Waals surface area contributed by atoms with Crippen LogP contribution in [0, 0.1) is 27.7 Å². The molecule has 23 heavy (non-hydrogen) atoms. The third-order valence-electron chi connectivity index (χ3n) is 4.49. The van der Waals surface area contributed by atoms with Crippen LogP contribution in [-0.2, 0) is 21.3 Å². The first kappa shape index (κ1) is 21.6. The number of fused-ring (bicyclic) bond motifs is 1.